The molecule has 0 saturated carbocycles. The van der Waals surface area contributed by atoms with E-state index >= 15 is 0 Å². The molecule has 0 saturated heterocycles. The van der Waals surface area contributed by atoms with E-state index in [4.69, 9.17) is 0 Å². The van der Waals surface area contributed by atoms with Crippen molar-refractivity contribution in [2.24, 2.45) is 0 Å². The Hall–Kier alpha value is -1.32. The predicted molar refractivity (Wildman–Crippen MR) is 44.2 cm³/mol. The van der Waals surface area contributed by atoms with E-state index in [2.05, 4.69) is 6.58 Å². The molecule has 4 heteroatoms. The Morgan fingerprint density at radius 3 is 2.23 bits per heavy atom. The van der Waals surface area contributed by atoms with Crippen LogP contribution in [-0.2, 0) is 4.79 Å². The van der Waals surface area contributed by atoms with Crippen LogP contribution in [0, 0.1) is 0 Å². The topological polar surface area (TPSA) is 17.1 Å². The minimum absolute atomic E-state index is 0.412. The number of halogens is 3. The highest BCUT2D eigenvalue weighted by atomic mass is 19.4. The van der Waals surface area contributed by atoms with E-state index in [0.29, 0.717) is 0 Å². The molecule has 72 valence electrons. The van der Waals surface area contributed by atoms with E-state index in [-0.39, 0.29) is 0 Å². The predicted octanol–water partition coefficient (Wildman–Crippen LogP) is 2.81. The maximum atomic E-state index is 11.9. The van der Waals surface area contributed by atoms with E-state index in [1.807, 2.05) is 0 Å². The van der Waals surface area contributed by atoms with Gasteiger partial charge in [0.1, 0.15) is 0 Å². The lowest BCUT2D eigenvalue weighted by Crippen LogP contribution is -2.23. The summed E-state index contributed by atoms with van der Waals surface area (Å²) in [6.45, 7) is 4.75. The SMILES string of the molecule is C=C/C=C(\C=C/C)C(=O)C(F)(F)F. The van der Waals surface area contributed by atoms with Crippen molar-refractivity contribution in [3.63, 3.8) is 0 Å². The second-order valence-corrected chi connectivity index (χ2v) is 2.18. The van der Waals surface area contributed by atoms with Crippen molar-refractivity contribution in [1.82, 2.24) is 0 Å². The molecule has 0 aliphatic heterocycles. The Morgan fingerprint density at radius 2 is 1.92 bits per heavy atom. The van der Waals surface area contributed by atoms with Crippen LogP contribution < -0.4 is 0 Å². The van der Waals surface area contributed by atoms with Gasteiger partial charge in [0.2, 0.25) is 0 Å². The smallest absolute Gasteiger partial charge is 0.284 e. The van der Waals surface area contributed by atoms with E-state index in [1.54, 1.807) is 0 Å². The summed E-state index contributed by atoms with van der Waals surface area (Å²) in [6.07, 6.45) is -0.209. The molecule has 1 nitrogen and oxygen atoms in total. The fraction of sp³-hybridized carbons (Fsp3) is 0.222. The van der Waals surface area contributed by atoms with Gasteiger partial charge in [-0.2, -0.15) is 13.2 Å². The van der Waals surface area contributed by atoms with Crippen LogP contribution in [0.2, 0.25) is 0 Å². The zero-order valence-electron chi connectivity index (χ0n) is 7.06. The zero-order chi connectivity index (χ0) is 10.5. The average molecular weight is 190 g/mol. The van der Waals surface area contributed by atoms with Crippen LogP contribution in [0.5, 0.6) is 0 Å². The Balaban J connectivity index is 4.88. The van der Waals surface area contributed by atoms with Crippen LogP contribution in [0.3, 0.4) is 0 Å². The fourth-order valence-electron chi connectivity index (χ4n) is 0.677. The maximum Gasteiger partial charge on any atom is 0.454 e. The van der Waals surface area contributed by atoms with Crippen molar-refractivity contribution >= 4 is 5.78 Å². The van der Waals surface area contributed by atoms with Gasteiger partial charge < -0.3 is 0 Å². The van der Waals surface area contributed by atoms with Crippen LogP contribution in [0.4, 0.5) is 13.2 Å². The number of hydrogen-bond acceptors (Lipinski definition) is 1. The fourth-order valence-corrected chi connectivity index (χ4v) is 0.677. The second kappa shape index (κ2) is 4.64. The Labute approximate surface area is 74.2 Å². The van der Waals surface area contributed by atoms with E-state index in [0.717, 1.165) is 18.2 Å². The number of ketones is 1. The van der Waals surface area contributed by atoms with Crippen LogP contribution in [-0.4, -0.2) is 12.0 Å². The summed E-state index contributed by atoms with van der Waals surface area (Å²) in [5, 5.41) is 0. The van der Waals surface area contributed by atoms with Crippen LogP contribution >= 0.6 is 0 Å². The minimum atomic E-state index is -4.83. The molecule has 0 N–H and O–H groups in total. The first-order chi connectivity index (χ1) is 5.93. The van der Waals surface area contributed by atoms with Gasteiger partial charge in [0.15, 0.2) is 0 Å². The Kier molecular flexibility index (Phi) is 4.17. The highest BCUT2D eigenvalue weighted by Gasteiger charge is 2.39. The molecule has 0 heterocycles. The third-order valence-electron chi connectivity index (χ3n) is 1.16. The highest BCUT2D eigenvalue weighted by Crippen LogP contribution is 2.21. The zero-order valence-corrected chi connectivity index (χ0v) is 7.06. The van der Waals surface area contributed by atoms with Crippen molar-refractivity contribution in [2.45, 2.75) is 13.1 Å². The summed E-state index contributed by atoms with van der Waals surface area (Å²) in [5.41, 5.74) is -0.412. The third kappa shape index (κ3) is 3.73. The van der Waals surface area contributed by atoms with Crippen molar-refractivity contribution in [1.29, 1.82) is 0 Å². The van der Waals surface area contributed by atoms with Gasteiger partial charge in [0, 0.05) is 5.57 Å². The molecule has 0 atom stereocenters. The van der Waals surface area contributed by atoms with Crippen molar-refractivity contribution in [3.05, 3.63) is 36.5 Å². The van der Waals surface area contributed by atoms with Gasteiger partial charge in [-0.1, -0.05) is 30.9 Å². The Morgan fingerprint density at radius 1 is 1.38 bits per heavy atom. The van der Waals surface area contributed by atoms with Gasteiger partial charge in [0.25, 0.3) is 5.78 Å². The first-order valence-electron chi connectivity index (χ1n) is 3.50. The molecule has 0 aromatic heterocycles. The van der Waals surface area contributed by atoms with E-state index < -0.39 is 17.5 Å². The number of rotatable bonds is 3. The molecule has 13 heavy (non-hydrogen) atoms. The highest BCUT2D eigenvalue weighted by molar-refractivity contribution is 6.02. The lowest BCUT2D eigenvalue weighted by atomic mass is 10.1. The first-order valence-corrected chi connectivity index (χ1v) is 3.50. The van der Waals surface area contributed by atoms with E-state index in [1.165, 1.54) is 13.0 Å². The van der Waals surface area contributed by atoms with Crippen LogP contribution in [0.1, 0.15) is 6.92 Å². The van der Waals surface area contributed by atoms with Gasteiger partial charge in [-0.25, -0.2) is 0 Å². The molecule has 0 unspecified atom stereocenters. The minimum Gasteiger partial charge on any atom is -0.284 e. The largest absolute Gasteiger partial charge is 0.454 e. The molecule has 0 amide bonds. The Bertz CT molecular complexity index is 259. The number of Topliss-reactive ketones (excluding diaryl/α,β-unsaturated/α-hetero) is 1. The van der Waals surface area contributed by atoms with Crippen molar-refractivity contribution < 1.29 is 18.0 Å². The average Bonchev–Trinajstić information content (AvgIpc) is 2.01. The van der Waals surface area contributed by atoms with Gasteiger partial charge in [-0.05, 0) is 6.92 Å². The molecular weight excluding hydrogens is 181 g/mol. The summed E-state index contributed by atoms with van der Waals surface area (Å²) < 4.78 is 35.7. The molecule has 0 spiro atoms. The third-order valence-corrected chi connectivity index (χ3v) is 1.16. The number of allylic oxidation sites excluding steroid dienone is 5. The molecule has 0 aliphatic carbocycles. The molecule has 0 aliphatic rings. The molecule has 0 aromatic carbocycles. The summed E-state index contributed by atoms with van der Waals surface area (Å²) in [6, 6.07) is 0. The van der Waals surface area contributed by atoms with Crippen molar-refractivity contribution in [2.75, 3.05) is 0 Å². The van der Waals surface area contributed by atoms with E-state index in [9.17, 15) is 18.0 Å². The molecule has 0 aromatic rings. The van der Waals surface area contributed by atoms with Gasteiger partial charge in [-0.15, -0.1) is 0 Å². The van der Waals surface area contributed by atoms with Gasteiger partial charge in [0.05, 0.1) is 0 Å². The monoisotopic (exact) mass is 190 g/mol. The second-order valence-electron chi connectivity index (χ2n) is 2.18. The lowest BCUT2D eigenvalue weighted by molar-refractivity contribution is -0.166. The molecular formula is C9H9F3O. The molecule has 0 radical (unpaired) electrons. The number of alkyl halides is 3. The normalized spacial score (nSPS) is 13.4. The molecule has 0 fully saturated rings. The quantitative estimate of drug-likeness (QED) is 0.494. The van der Waals surface area contributed by atoms with Crippen molar-refractivity contribution in [3.8, 4) is 0 Å². The summed E-state index contributed by atoms with van der Waals surface area (Å²) in [7, 11) is 0. The lowest BCUT2D eigenvalue weighted by Gasteiger charge is -2.04. The number of hydrogen-bond donors (Lipinski definition) is 0. The summed E-state index contributed by atoms with van der Waals surface area (Å²) in [4.78, 5) is 10.7. The van der Waals surface area contributed by atoms with Crippen LogP contribution in [0.15, 0.2) is 36.5 Å². The number of carbonyl (C=O) groups is 1. The van der Waals surface area contributed by atoms with Crippen LogP contribution in [0.25, 0.3) is 0 Å². The van der Waals surface area contributed by atoms with Gasteiger partial charge in [-0.3, -0.25) is 4.79 Å². The molecule has 0 bridgehead atoms. The number of carbonyl (C=O) groups excluding carboxylic acids is 1. The maximum absolute atomic E-state index is 11.9. The van der Waals surface area contributed by atoms with Gasteiger partial charge >= 0.3 is 6.18 Å². The summed E-state index contributed by atoms with van der Waals surface area (Å²) >= 11 is 0. The standard InChI is InChI=1S/C9H9F3O/c1-3-5-7(6-4-2)8(13)9(10,11)12/h3-6H,1H2,2H3/b6-4-,7-5+. The summed E-state index contributed by atoms with van der Waals surface area (Å²) in [5.74, 6) is -1.86. The molecule has 0 rings (SSSR count). The first kappa shape index (κ1) is 11.7.